The van der Waals surface area contributed by atoms with E-state index in [1.165, 1.54) is 12.8 Å². The second-order valence-corrected chi connectivity index (χ2v) is 3.89. The molecule has 4 nitrogen and oxygen atoms in total. The molecule has 0 aromatic carbocycles. The van der Waals surface area contributed by atoms with E-state index in [1.54, 1.807) is 11.8 Å². The summed E-state index contributed by atoms with van der Waals surface area (Å²) in [5, 5.41) is 3.34. The van der Waals surface area contributed by atoms with Gasteiger partial charge in [-0.15, -0.1) is 0 Å². The number of carbonyl (C=O) groups is 1. The summed E-state index contributed by atoms with van der Waals surface area (Å²) in [4.78, 5) is 12.6. The zero-order valence-corrected chi connectivity index (χ0v) is 10.1. The van der Waals surface area contributed by atoms with Gasteiger partial charge in [0.1, 0.15) is 0 Å². The van der Waals surface area contributed by atoms with Crippen molar-refractivity contribution in [3.05, 3.63) is 0 Å². The van der Waals surface area contributed by atoms with Crippen LogP contribution < -0.4 is 11.1 Å². The molecule has 0 aliphatic rings. The van der Waals surface area contributed by atoms with E-state index in [2.05, 4.69) is 5.32 Å². The van der Waals surface area contributed by atoms with Crippen LogP contribution in [0.3, 0.4) is 0 Å². The molecule has 0 unspecified atom stereocenters. The number of hydrogen-bond donors (Lipinski definition) is 2. The van der Waals surface area contributed by atoms with Crippen molar-refractivity contribution in [2.45, 2.75) is 32.6 Å². The third kappa shape index (κ3) is 9.69. The van der Waals surface area contributed by atoms with Crippen molar-refractivity contribution in [2.24, 2.45) is 5.73 Å². The van der Waals surface area contributed by atoms with E-state index < -0.39 is 0 Å². The summed E-state index contributed by atoms with van der Waals surface area (Å²) in [7, 11) is 1.85. The Hall–Kier alpha value is -0.610. The molecule has 0 aliphatic carbocycles. The molecule has 0 saturated heterocycles. The van der Waals surface area contributed by atoms with Gasteiger partial charge in [0.15, 0.2) is 0 Å². The second kappa shape index (κ2) is 9.93. The van der Waals surface area contributed by atoms with Crippen molar-refractivity contribution in [3.63, 3.8) is 0 Å². The fourth-order valence-electron chi connectivity index (χ4n) is 1.29. The number of nitrogens with two attached hydrogens (primary N) is 1. The predicted molar refractivity (Wildman–Crippen MR) is 63.7 cm³/mol. The van der Waals surface area contributed by atoms with Gasteiger partial charge in [0.25, 0.3) is 0 Å². The third-order valence-corrected chi connectivity index (χ3v) is 2.44. The highest BCUT2D eigenvalue weighted by atomic mass is 16.2. The van der Waals surface area contributed by atoms with Crippen LogP contribution in [0.15, 0.2) is 0 Å². The lowest BCUT2D eigenvalue weighted by atomic mass is 10.2. The quantitative estimate of drug-likeness (QED) is 0.553. The first-order chi connectivity index (χ1) is 7.18. The maximum absolute atomic E-state index is 10.9. The first kappa shape index (κ1) is 14.4. The van der Waals surface area contributed by atoms with Crippen LogP contribution in [0.4, 0.5) is 0 Å². The number of amides is 1. The van der Waals surface area contributed by atoms with Crippen molar-refractivity contribution in [1.29, 1.82) is 0 Å². The molecule has 0 spiro atoms. The second-order valence-electron chi connectivity index (χ2n) is 3.89. The molecule has 0 aliphatic heterocycles. The Bertz CT molecular complexity index is 162. The summed E-state index contributed by atoms with van der Waals surface area (Å²) in [5.41, 5.74) is 5.38. The molecule has 15 heavy (non-hydrogen) atoms. The van der Waals surface area contributed by atoms with Gasteiger partial charge < -0.3 is 16.0 Å². The highest BCUT2D eigenvalue weighted by molar-refractivity contribution is 5.72. The fourth-order valence-corrected chi connectivity index (χ4v) is 1.29. The maximum atomic E-state index is 10.9. The van der Waals surface area contributed by atoms with Crippen LogP contribution in [-0.4, -0.2) is 44.0 Å². The highest BCUT2D eigenvalue weighted by Crippen LogP contribution is 1.96. The summed E-state index contributed by atoms with van der Waals surface area (Å²) in [6.45, 7) is 5.32. The number of nitrogens with zero attached hydrogens (tertiary/aromatic N) is 1. The van der Waals surface area contributed by atoms with E-state index in [4.69, 9.17) is 5.73 Å². The van der Waals surface area contributed by atoms with Gasteiger partial charge in [-0.1, -0.05) is 6.42 Å². The molecule has 0 fully saturated rings. The van der Waals surface area contributed by atoms with E-state index in [0.29, 0.717) is 0 Å². The third-order valence-electron chi connectivity index (χ3n) is 2.44. The molecule has 0 radical (unpaired) electrons. The van der Waals surface area contributed by atoms with E-state index in [-0.39, 0.29) is 5.91 Å². The van der Waals surface area contributed by atoms with E-state index >= 15 is 0 Å². The molecule has 0 bridgehead atoms. The average Bonchev–Trinajstić information content (AvgIpc) is 2.21. The van der Waals surface area contributed by atoms with Gasteiger partial charge in [-0.05, 0) is 38.9 Å². The summed E-state index contributed by atoms with van der Waals surface area (Å²) < 4.78 is 0. The zero-order chi connectivity index (χ0) is 11.5. The largest absolute Gasteiger partial charge is 0.346 e. The first-order valence-electron chi connectivity index (χ1n) is 5.81. The van der Waals surface area contributed by atoms with E-state index in [1.807, 2.05) is 7.05 Å². The lowest BCUT2D eigenvalue weighted by Gasteiger charge is -2.14. The van der Waals surface area contributed by atoms with Gasteiger partial charge in [0.05, 0.1) is 0 Å². The Labute approximate surface area is 93.2 Å². The van der Waals surface area contributed by atoms with Crippen molar-refractivity contribution in [2.75, 3.05) is 33.2 Å². The highest BCUT2D eigenvalue weighted by Gasteiger charge is 2.00. The van der Waals surface area contributed by atoms with E-state index in [0.717, 1.165) is 39.0 Å². The van der Waals surface area contributed by atoms with Crippen LogP contribution in [0.5, 0.6) is 0 Å². The summed E-state index contributed by atoms with van der Waals surface area (Å²) in [5.74, 6) is 0.149. The zero-order valence-electron chi connectivity index (χ0n) is 10.1. The standard InChI is InChI=1S/C11H25N3O/c1-11(15)14(2)10-5-3-4-8-13-9-6-7-12/h13H,3-10,12H2,1-2H3. The summed E-state index contributed by atoms with van der Waals surface area (Å²) in [6.07, 6.45) is 4.49. The molecule has 0 heterocycles. The van der Waals surface area contributed by atoms with Crippen LogP contribution in [0.1, 0.15) is 32.6 Å². The minimum atomic E-state index is 0.149. The Morgan fingerprint density at radius 2 is 1.87 bits per heavy atom. The molecule has 3 N–H and O–H groups in total. The Balaban J connectivity index is 3.08. The number of rotatable bonds is 9. The van der Waals surface area contributed by atoms with Gasteiger partial charge in [-0.3, -0.25) is 4.79 Å². The lowest BCUT2D eigenvalue weighted by Crippen LogP contribution is -2.25. The van der Waals surface area contributed by atoms with E-state index in [9.17, 15) is 4.79 Å². The number of nitrogens with one attached hydrogen (secondary N) is 1. The van der Waals surface area contributed by atoms with Crippen LogP contribution in [0, 0.1) is 0 Å². The fraction of sp³-hybridized carbons (Fsp3) is 0.909. The predicted octanol–water partition coefficient (Wildman–Crippen LogP) is 0.573. The molecule has 0 aromatic rings. The number of carbonyl (C=O) groups excluding carboxylic acids is 1. The normalized spacial score (nSPS) is 10.3. The Kier molecular flexibility index (Phi) is 9.52. The van der Waals surface area contributed by atoms with Gasteiger partial charge in [0.2, 0.25) is 5.91 Å². The van der Waals surface area contributed by atoms with Crippen LogP contribution >= 0.6 is 0 Å². The molecule has 0 saturated carbocycles. The SMILES string of the molecule is CC(=O)N(C)CCCCCNCCCN. The maximum Gasteiger partial charge on any atom is 0.219 e. The van der Waals surface area contributed by atoms with Crippen molar-refractivity contribution < 1.29 is 4.79 Å². The molecule has 1 amide bonds. The molecule has 90 valence electrons. The molecular weight excluding hydrogens is 190 g/mol. The molecular formula is C11H25N3O. The molecule has 4 heteroatoms. The lowest BCUT2D eigenvalue weighted by molar-refractivity contribution is -0.127. The van der Waals surface area contributed by atoms with Crippen molar-refractivity contribution in [1.82, 2.24) is 10.2 Å². The van der Waals surface area contributed by atoms with Gasteiger partial charge >= 0.3 is 0 Å². The monoisotopic (exact) mass is 215 g/mol. The molecule has 0 rings (SSSR count). The minimum Gasteiger partial charge on any atom is -0.346 e. The molecule has 0 aromatic heterocycles. The molecule has 0 atom stereocenters. The van der Waals surface area contributed by atoms with Gasteiger partial charge in [-0.25, -0.2) is 0 Å². The Morgan fingerprint density at radius 3 is 2.47 bits per heavy atom. The first-order valence-corrected chi connectivity index (χ1v) is 5.81. The van der Waals surface area contributed by atoms with Crippen LogP contribution in [0.25, 0.3) is 0 Å². The Morgan fingerprint density at radius 1 is 1.20 bits per heavy atom. The summed E-state index contributed by atoms with van der Waals surface area (Å²) >= 11 is 0. The number of unbranched alkanes of at least 4 members (excludes halogenated alkanes) is 2. The number of hydrogen-bond acceptors (Lipinski definition) is 3. The smallest absolute Gasteiger partial charge is 0.219 e. The van der Waals surface area contributed by atoms with Crippen LogP contribution in [0.2, 0.25) is 0 Å². The van der Waals surface area contributed by atoms with Crippen molar-refractivity contribution >= 4 is 5.91 Å². The minimum absolute atomic E-state index is 0.149. The van der Waals surface area contributed by atoms with Crippen LogP contribution in [-0.2, 0) is 4.79 Å². The van der Waals surface area contributed by atoms with Gasteiger partial charge in [0, 0.05) is 20.5 Å². The van der Waals surface area contributed by atoms with Gasteiger partial charge in [-0.2, -0.15) is 0 Å². The summed E-state index contributed by atoms with van der Waals surface area (Å²) in [6, 6.07) is 0. The average molecular weight is 215 g/mol. The van der Waals surface area contributed by atoms with Crippen molar-refractivity contribution in [3.8, 4) is 0 Å². The topological polar surface area (TPSA) is 58.4 Å².